The molecule has 5 aromatic heterocycles. The summed E-state index contributed by atoms with van der Waals surface area (Å²) in [6.45, 7) is 5.68. The Morgan fingerprint density at radius 2 is 1.95 bits per heavy atom. The summed E-state index contributed by atoms with van der Waals surface area (Å²) in [5.74, 6) is 2.97. The van der Waals surface area contributed by atoms with Crippen molar-refractivity contribution in [1.82, 2.24) is 43.9 Å². The number of imidazole rings is 1. The predicted octanol–water partition coefficient (Wildman–Crippen LogP) is 4.21. The molecule has 1 aromatic carbocycles. The zero-order valence-electron chi connectivity index (χ0n) is 25.2. The van der Waals surface area contributed by atoms with Gasteiger partial charge in [-0.2, -0.15) is 0 Å². The van der Waals surface area contributed by atoms with Gasteiger partial charge in [-0.3, -0.25) is 9.20 Å². The van der Waals surface area contributed by atoms with Gasteiger partial charge in [0.1, 0.15) is 22.7 Å². The van der Waals surface area contributed by atoms with E-state index >= 15 is 0 Å². The van der Waals surface area contributed by atoms with Gasteiger partial charge >= 0.3 is 0 Å². The molecule has 6 aromatic rings. The van der Waals surface area contributed by atoms with Crippen molar-refractivity contribution in [2.75, 3.05) is 13.7 Å². The molecule has 3 fully saturated rings. The lowest BCUT2D eigenvalue weighted by Gasteiger charge is -2.24. The van der Waals surface area contributed by atoms with E-state index in [4.69, 9.17) is 14.7 Å². The maximum Gasteiger partial charge on any atom is 0.254 e. The molecule has 2 unspecified atom stereocenters. The maximum absolute atomic E-state index is 13.6. The number of ether oxygens (including phenoxy) is 1. The van der Waals surface area contributed by atoms with Crippen molar-refractivity contribution in [2.45, 2.75) is 51.4 Å². The average molecular weight is 588 g/mol. The first-order valence-electron chi connectivity index (χ1n) is 15.3. The number of pyridine rings is 2. The molecule has 9 rings (SSSR count). The largest absolute Gasteiger partial charge is 0.494 e. The van der Waals surface area contributed by atoms with Gasteiger partial charge in [0.25, 0.3) is 5.91 Å². The van der Waals surface area contributed by atoms with E-state index in [1.54, 1.807) is 7.11 Å². The van der Waals surface area contributed by atoms with E-state index in [-0.39, 0.29) is 11.9 Å². The smallest absolute Gasteiger partial charge is 0.254 e. The zero-order valence-corrected chi connectivity index (χ0v) is 25.2. The summed E-state index contributed by atoms with van der Waals surface area (Å²) in [5, 5.41) is 13.0. The van der Waals surface area contributed by atoms with Crippen LogP contribution in [0.2, 0.25) is 0 Å². The van der Waals surface area contributed by atoms with Crippen LogP contribution in [0.4, 0.5) is 0 Å². The van der Waals surface area contributed by atoms with Crippen molar-refractivity contribution >= 4 is 33.6 Å². The normalized spacial score (nSPS) is 21.1. The van der Waals surface area contributed by atoms with Crippen LogP contribution in [-0.4, -0.2) is 76.3 Å². The van der Waals surface area contributed by atoms with Gasteiger partial charge < -0.3 is 24.1 Å². The van der Waals surface area contributed by atoms with Crippen LogP contribution in [-0.2, 0) is 13.6 Å². The van der Waals surface area contributed by atoms with E-state index in [0.29, 0.717) is 29.3 Å². The Balaban J connectivity index is 1.16. The number of carbonyl (C=O) groups excluding carboxylic acids is 1. The highest BCUT2D eigenvalue weighted by Gasteiger charge is 2.51. The van der Waals surface area contributed by atoms with E-state index in [0.717, 1.165) is 69.4 Å². The predicted molar refractivity (Wildman–Crippen MR) is 167 cm³/mol. The highest BCUT2D eigenvalue weighted by molar-refractivity contribution is 6.00. The number of hydrogen-bond donors (Lipinski definition) is 1. The van der Waals surface area contributed by atoms with E-state index < -0.39 is 0 Å². The Bertz CT molecular complexity index is 2150. The lowest BCUT2D eigenvalue weighted by atomic mass is 10.1. The molecule has 222 valence electrons. The number of hydrogen-bond acceptors (Lipinski definition) is 7. The van der Waals surface area contributed by atoms with Crippen LogP contribution < -0.4 is 10.1 Å². The summed E-state index contributed by atoms with van der Waals surface area (Å²) >= 11 is 0. The highest BCUT2D eigenvalue weighted by Crippen LogP contribution is 2.39. The second-order valence-electron chi connectivity index (χ2n) is 12.6. The molecule has 1 amide bonds. The molecule has 7 heterocycles. The van der Waals surface area contributed by atoms with Crippen LogP contribution in [0.3, 0.4) is 0 Å². The molecule has 0 radical (unpaired) electrons. The van der Waals surface area contributed by atoms with Gasteiger partial charge in [0.05, 0.1) is 24.0 Å². The molecule has 1 aliphatic carbocycles. The number of nitrogens with zero attached hydrogens (tertiary/aromatic N) is 8. The minimum absolute atomic E-state index is 0.0259. The van der Waals surface area contributed by atoms with Crippen LogP contribution in [0, 0.1) is 12.8 Å². The quantitative estimate of drug-likeness (QED) is 0.290. The van der Waals surface area contributed by atoms with Gasteiger partial charge in [-0.1, -0.05) is 0 Å². The first-order chi connectivity index (χ1) is 21.4. The van der Waals surface area contributed by atoms with Crippen LogP contribution in [0.1, 0.15) is 35.9 Å². The van der Waals surface area contributed by atoms with Crippen molar-refractivity contribution in [3.05, 3.63) is 60.0 Å². The number of fused-ring (bicyclic) bond motifs is 4. The summed E-state index contributed by atoms with van der Waals surface area (Å²) in [4.78, 5) is 25.9. The average Bonchev–Trinajstić information content (AvgIpc) is 3.89. The van der Waals surface area contributed by atoms with Crippen LogP contribution >= 0.6 is 0 Å². The number of aryl methyl sites for hydroxylation is 2. The minimum atomic E-state index is 0.0259. The third-order valence-electron chi connectivity index (χ3n) is 9.78. The summed E-state index contributed by atoms with van der Waals surface area (Å²) < 4.78 is 12.2. The Morgan fingerprint density at radius 3 is 2.73 bits per heavy atom. The first-order valence-corrected chi connectivity index (χ1v) is 15.3. The van der Waals surface area contributed by atoms with Crippen molar-refractivity contribution in [1.29, 1.82) is 0 Å². The fourth-order valence-corrected chi connectivity index (χ4v) is 7.04. The Kier molecular flexibility index (Phi) is 5.33. The number of benzene rings is 1. The van der Waals surface area contributed by atoms with Crippen LogP contribution in [0.25, 0.3) is 50.5 Å². The molecule has 11 heteroatoms. The van der Waals surface area contributed by atoms with Gasteiger partial charge in [0, 0.05) is 61.0 Å². The molecule has 1 N–H and O–H groups in total. The number of aromatic nitrogens is 7. The number of nitrogens with one attached hydrogen (secondary N) is 1. The Hall–Kier alpha value is -4.77. The minimum Gasteiger partial charge on any atom is -0.494 e. The molecule has 3 aliphatic rings. The molecular weight excluding hydrogens is 554 g/mol. The number of carbonyl (C=O) groups is 1. The molecule has 2 aliphatic heterocycles. The molecule has 0 spiro atoms. The van der Waals surface area contributed by atoms with Crippen molar-refractivity contribution < 1.29 is 9.53 Å². The summed E-state index contributed by atoms with van der Waals surface area (Å²) in [5.41, 5.74) is 6.85. The molecule has 3 atom stereocenters. The maximum atomic E-state index is 13.6. The topological polar surface area (TPSA) is 117 Å². The number of amides is 1. The molecule has 11 nitrogen and oxygen atoms in total. The Morgan fingerprint density at radius 1 is 1.09 bits per heavy atom. The first kappa shape index (κ1) is 25.7. The van der Waals surface area contributed by atoms with Crippen molar-refractivity contribution in [3.63, 3.8) is 0 Å². The fraction of sp³-hybridized carbons (Fsp3) is 0.364. The molecular formula is C33H33N9O2. The zero-order chi connectivity index (χ0) is 29.9. The van der Waals surface area contributed by atoms with Gasteiger partial charge in [0.15, 0.2) is 11.5 Å². The number of likely N-dealkylation sites (tertiary alicyclic amines) is 1. The monoisotopic (exact) mass is 587 g/mol. The highest BCUT2D eigenvalue weighted by atomic mass is 16.5. The summed E-state index contributed by atoms with van der Waals surface area (Å²) in [7, 11) is 3.67. The molecule has 2 saturated heterocycles. The van der Waals surface area contributed by atoms with Crippen molar-refractivity contribution in [3.8, 4) is 28.5 Å². The van der Waals surface area contributed by atoms with Gasteiger partial charge in [-0.25, -0.2) is 9.97 Å². The SMILES string of the molecule is COc1cc(C(=O)N2CC3N[C@H]3C2C)cc2nc(-c3cc4ccc(-c5ccn6c(C)nnc6c5)nc4n3CC3CC3)n(C)c12. The summed E-state index contributed by atoms with van der Waals surface area (Å²) in [6, 6.07) is 15.3. The van der Waals surface area contributed by atoms with E-state index in [1.807, 2.05) is 47.7 Å². The van der Waals surface area contributed by atoms with Gasteiger partial charge in [-0.15, -0.1) is 10.2 Å². The number of piperazine rings is 1. The molecule has 0 bridgehead atoms. The van der Waals surface area contributed by atoms with E-state index in [1.165, 1.54) is 12.8 Å². The summed E-state index contributed by atoms with van der Waals surface area (Å²) in [6.07, 6.45) is 4.43. The second kappa shape index (κ2) is 9.12. The second-order valence-corrected chi connectivity index (χ2v) is 12.6. The van der Waals surface area contributed by atoms with Crippen LogP contribution in [0.15, 0.2) is 48.7 Å². The van der Waals surface area contributed by atoms with Crippen LogP contribution in [0.5, 0.6) is 5.75 Å². The van der Waals surface area contributed by atoms with E-state index in [2.05, 4.69) is 55.8 Å². The molecule has 1 saturated carbocycles. The van der Waals surface area contributed by atoms with Gasteiger partial charge in [-0.05, 0) is 75.1 Å². The number of rotatable bonds is 6. The third-order valence-corrected chi connectivity index (χ3v) is 9.78. The van der Waals surface area contributed by atoms with Crippen molar-refractivity contribution in [2.24, 2.45) is 13.0 Å². The fourth-order valence-electron chi connectivity index (χ4n) is 7.04. The number of methoxy groups -OCH3 is 1. The van der Waals surface area contributed by atoms with E-state index in [9.17, 15) is 4.79 Å². The third kappa shape index (κ3) is 3.81. The van der Waals surface area contributed by atoms with Gasteiger partial charge in [0.2, 0.25) is 0 Å². The Labute approximate surface area is 253 Å². The molecule has 44 heavy (non-hydrogen) atoms. The standard InChI is InChI=1S/C33H33N9O2/c1-17-29-25(34-29)16-41(17)33(43)22-11-24-30(27(13-22)44-4)39(3)32(36-24)26-12-21-7-8-23(35-31(21)42(26)15-19-5-6-19)20-9-10-40-18(2)37-38-28(40)14-20/h7-14,17,19,25,29,34H,5-6,15-16H2,1-4H3/t17?,25?,29-/m0/s1. The lowest BCUT2D eigenvalue weighted by Crippen LogP contribution is -2.40. The lowest BCUT2D eigenvalue weighted by molar-refractivity contribution is 0.0727.